The molecule has 2 rings (SSSR count). The summed E-state index contributed by atoms with van der Waals surface area (Å²) >= 11 is 0. The molecule has 6 heteroatoms. The number of rotatable bonds is 2. The van der Waals surface area contributed by atoms with Gasteiger partial charge in [-0.2, -0.15) is 0 Å². The Balaban J connectivity index is 2.03. The fourth-order valence-corrected chi connectivity index (χ4v) is 2.51. The van der Waals surface area contributed by atoms with E-state index in [4.69, 9.17) is 10.5 Å². The molecule has 1 aliphatic heterocycles. The van der Waals surface area contributed by atoms with Gasteiger partial charge in [0.15, 0.2) is 5.82 Å². The van der Waals surface area contributed by atoms with Crippen LogP contribution in [0.25, 0.3) is 0 Å². The SMILES string of the molecule is COC(=O)N1CCN([C@@H](C)c2cccc(N)c2F)CC1. The van der Waals surface area contributed by atoms with E-state index in [1.54, 1.807) is 23.1 Å². The molecular weight excluding hydrogens is 261 g/mol. The number of nitrogens with two attached hydrogens (primary N) is 1. The maximum absolute atomic E-state index is 14.0. The van der Waals surface area contributed by atoms with Gasteiger partial charge in [-0.25, -0.2) is 9.18 Å². The zero-order valence-electron chi connectivity index (χ0n) is 11.8. The number of amides is 1. The first-order chi connectivity index (χ1) is 9.54. The molecule has 2 N–H and O–H groups in total. The Morgan fingerprint density at radius 1 is 1.35 bits per heavy atom. The molecule has 0 spiro atoms. The van der Waals surface area contributed by atoms with Gasteiger partial charge in [-0.1, -0.05) is 12.1 Å². The summed E-state index contributed by atoms with van der Waals surface area (Å²) in [7, 11) is 1.37. The Labute approximate surface area is 118 Å². The third kappa shape index (κ3) is 2.85. The number of carbonyl (C=O) groups is 1. The zero-order valence-corrected chi connectivity index (χ0v) is 11.8. The van der Waals surface area contributed by atoms with Crippen molar-refractivity contribution < 1.29 is 13.9 Å². The van der Waals surface area contributed by atoms with Gasteiger partial charge >= 0.3 is 6.09 Å². The minimum atomic E-state index is -0.351. The van der Waals surface area contributed by atoms with Gasteiger partial charge in [-0.15, -0.1) is 0 Å². The van der Waals surface area contributed by atoms with Crippen LogP contribution in [0.5, 0.6) is 0 Å². The first-order valence-electron chi connectivity index (χ1n) is 6.65. The standard InChI is InChI=1S/C14H20FN3O2/c1-10(11-4-3-5-12(16)13(11)15)17-6-8-18(9-7-17)14(19)20-2/h3-5,10H,6-9,16H2,1-2H3/t10-/m0/s1. The third-order valence-corrected chi connectivity index (χ3v) is 3.80. The molecule has 0 saturated carbocycles. The molecule has 1 aromatic carbocycles. The van der Waals surface area contributed by atoms with Gasteiger partial charge in [0.2, 0.25) is 0 Å². The number of hydrogen-bond acceptors (Lipinski definition) is 4. The van der Waals surface area contributed by atoms with Crippen LogP contribution in [0.2, 0.25) is 0 Å². The number of hydrogen-bond donors (Lipinski definition) is 1. The number of piperazine rings is 1. The average molecular weight is 281 g/mol. The number of ether oxygens (including phenoxy) is 1. The topological polar surface area (TPSA) is 58.8 Å². The Morgan fingerprint density at radius 3 is 2.60 bits per heavy atom. The van der Waals surface area contributed by atoms with Crippen LogP contribution in [-0.4, -0.2) is 49.2 Å². The van der Waals surface area contributed by atoms with Gasteiger partial charge in [0.1, 0.15) is 0 Å². The predicted molar refractivity (Wildman–Crippen MR) is 74.8 cm³/mol. The molecule has 0 radical (unpaired) electrons. The maximum Gasteiger partial charge on any atom is 0.409 e. The lowest BCUT2D eigenvalue weighted by Crippen LogP contribution is -2.49. The van der Waals surface area contributed by atoms with Gasteiger partial charge in [0.25, 0.3) is 0 Å². The van der Waals surface area contributed by atoms with Crippen molar-refractivity contribution in [3.05, 3.63) is 29.6 Å². The Morgan fingerprint density at radius 2 is 2.00 bits per heavy atom. The Bertz CT molecular complexity index is 487. The first-order valence-corrected chi connectivity index (χ1v) is 6.65. The van der Waals surface area contributed by atoms with Gasteiger partial charge < -0.3 is 15.4 Å². The summed E-state index contributed by atoms with van der Waals surface area (Å²) in [4.78, 5) is 15.2. The molecule has 110 valence electrons. The van der Waals surface area contributed by atoms with E-state index in [9.17, 15) is 9.18 Å². The normalized spacial score (nSPS) is 17.9. The second-order valence-corrected chi connectivity index (χ2v) is 4.92. The van der Waals surface area contributed by atoms with Gasteiger partial charge in [0.05, 0.1) is 12.8 Å². The van der Waals surface area contributed by atoms with Crippen LogP contribution < -0.4 is 5.73 Å². The second-order valence-electron chi connectivity index (χ2n) is 4.92. The van der Waals surface area contributed by atoms with Gasteiger partial charge in [0, 0.05) is 37.8 Å². The van der Waals surface area contributed by atoms with Crippen molar-refractivity contribution in [2.45, 2.75) is 13.0 Å². The smallest absolute Gasteiger partial charge is 0.409 e. The highest BCUT2D eigenvalue weighted by atomic mass is 19.1. The lowest BCUT2D eigenvalue weighted by Gasteiger charge is -2.37. The van der Waals surface area contributed by atoms with Gasteiger partial charge in [-0.3, -0.25) is 4.90 Å². The zero-order chi connectivity index (χ0) is 14.7. The molecule has 1 fully saturated rings. The van der Waals surface area contributed by atoms with Crippen molar-refractivity contribution in [3.63, 3.8) is 0 Å². The number of nitrogens with zero attached hydrogens (tertiary/aromatic N) is 2. The molecule has 1 amide bonds. The summed E-state index contributed by atoms with van der Waals surface area (Å²) in [5, 5.41) is 0. The van der Waals surface area contributed by atoms with E-state index in [1.165, 1.54) is 7.11 Å². The van der Waals surface area contributed by atoms with Crippen molar-refractivity contribution in [3.8, 4) is 0 Å². The molecule has 1 atom stereocenters. The second kappa shape index (κ2) is 6.09. The molecule has 0 aliphatic carbocycles. The summed E-state index contributed by atoms with van der Waals surface area (Å²) in [5.74, 6) is -0.351. The molecule has 1 saturated heterocycles. The van der Waals surface area contributed by atoms with Crippen molar-refractivity contribution in [2.75, 3.05) is 39.0 Å². The molecule has 0 aromatic heterocycles. The molecule has 5 nitrogen and oxygen atoms in total. The van der Waals surface area contributed by atoms with E-state index in [0.717, 1.165) is 0 Å². The molecule has 1 aromatic rings. The van der Waals surface area contributed by atoms with E-state index < -0.39 is 0 Å². The van der Waals surface area contributed by atoms with Crippen LogP contribution in [0.1, 0.15) is 18.5 Å². The summed E-state index contributed by atoms with van der Waals surface area (Å²) < 4.78 is 18.7. The number of benzene rings is 1. The van der Waals surface area contributed by atoms with E-state index in [1.807, 2.05) is 6.92 Å². The monoisotopic (exact) mass is 281 g/mol. The highest BCUT2D eigenvalue weighted by Crippen LogP contribution is 2.26. The van der Waals surface area contributed by atoms with Crippen molar-refractivity contribution >= 4 is 11.8 Å². The molecule has 1 aliphatic rings. The number of carbonyl (C=O) groups excluding carboxylic acids is 1. The van der Waals surface area contributed by atoms with Gasteiger partial charge in [-0.05, 0) is 13.0 Å². The predicted octanol–water partition coefficient (Wildman–Crippen LogP) is 1.85. The van der Waals surface area contributed by atoms with E-state index in [-0.39, 0.29) is 23.6 Å². The van der Waals surface area contributed by atoms with Crippen LogP contribution in [0.15, 0.2) is 18.2 Å². The molecular formula is C14H20FN3O2. The lowest BCUT2D eigenvalue weighted by atomic mass is 10.0. The van der Waals surface area contributed by atoms with Crippen LogP contribution in [0.3, 0.4) is 0 Å². The number of halogens is 1. The maximum atomic E-state index is 14.0. The fraction of sp³-hybridized carbons (Fsp3) is 0.500. The van der Waals surface area contributed by atoms with Crippen molar-refractivity contribution in [1.29, 1.82) is 0 Å². The molecule has 20 heavy (non-hydrogen) atoms. The first kappa shape index (κ1) is 14.6. The lowest BCUT2D eigenvalue weighted by molar-refractivity contribution is 0.0771. The Hall–Kier alpha value is -1.82. The molecule has 1 heterocycles. The highest BCUT2D eigenvalue weighted by Gasteiger charge is 2.26. The largest absolute Gasteiger partial charge is 0.453 e. The van der Waals surface area contributed by atoms with E-state index in [2.05, 4.69) is 4.90 Å². The van der Waals surface area contributed by atoms with Crippen molar-refractivity contribution in [1.82, 2.24) is 9.80 Å². The van der Waals surface area contributed by atoms with E-state index in [0.29, 0.717) is 31.7 Å². The molecule has 0 unspecified atom stereocenters. The molecule has 0 bridgehead atoms. The fourth-order valence-electron chi connectivity index (χ4n) is 2.51. The summed E-state index contributed by atoms with van der Waals surface area (Å²) in [6, 6.07) is 5.00. The summed E-state index contributed by atoms with van der Waals surface area (Å²) in [5.41, 5.74) is 6.37. The highest BCUT2D eigenvalue weighted by molar-refractivity contribution is 5.67. The third-order valence-electron chi connectivity index (χ3n) is 3.80. The quantitative estimate of drug-likeness (QED) is 0.841. The Kier molecular flexibility index (Phi) is 4.44. The number of methoxy groups -OCH3 is 1. The van der Waals surface area contributed by atoms with Crippen LogP contribution in [0, 0.1) is 5.82 Å². The van der Waals surface area contributed by atoms with Crippen LogP contribution in [0.4, 0.5) is 14.9 Å². The summed E-state index contributed by atoms with van der Waals surface area (Å²) in [6.45, 7) is 4.49. The minimum absolute atomic E-state index is 0.0710. The van der Waals surface area contributed by atoms with Crippen LogP contribution in [-0.2, 0) is 4.74 Å². The number of nitrogen functional groups attached to an aromatic ring is 1. The minimum Gasteiger partial charge on any atom is -0.453 e. The summed E-state index contributed by atoms with van der Waals surface area (Å²) in [6.07, 6.45) is -0.313. The average Bonchev–Trinajstić information content (AvgIpc) is 2.48. The van der Waals surface area contributed by atoms with Crippen LogP contribution >= 0.6 is 0 Å². The van der Waals surface area contributed by atoms with Crippen molar-refractivity contribution in [2.24, 2.45) is 0 Å². The number of anilines is 1. The van der Waals surface area contributed by atoms with E-state index >= 15 is 0 Å².